The van der Waals surface area contributed by atoms with Crippen molar-refractivity contribution < 1.29 is 14.3 Å². The average molecular weight is 393 g/mol. The van der Waals surface area contributed by atoms with Crippen LogP contribution in [-0.4, -0.2) is 42.5 Å². The number of carbonyl (C=O) groups is 2. The summed E-state index contributed by atoms with van der Waals surface area (Å²) < 4.78 is 5.36. The lowest BCUT2D eigenvalue weighted by Crippen LogP contribution is -2.53. The summed E-state index contributed by atoms with van der Waals surface area (Å²) in [5.74, 6) is 0.467. The highest BCUT2D eigenvalue weighted by molar-refractivity contribution is 5.99. The smallest absolute Gasteiger partial charge is 0.247 e. The van der Waals surface area contributed by atoms with E-state index in [1.165, 1.54) is 11.1 Å². The molecule has 2 N–H and O–H groups in total. The molecule has 6 nitrogen and oxygen atoms in total. The zero-order chi connectivity index (χ0) is 20.4. The second-order valence-electron chi connectivity index (χ2n) is 7.79. The average Bonchev–Trinajstić information content (AvgIpc) is 3.23. The molecule has 2 aromatic carbocycles. The van der Waals surface area contributed by atoms with E-state index in [0.717, 1.165) is 12.0 Å². The summed E-state index contributed by atoms with van der Waals surface area (Å²) in [6.45, 7) is 3.26. The Morgan fingerprint density at radius 2 is 1.97 bits per heavy atom. The Morgan fingerprint density at radius 1 is 1.17 bits per heavy atom. The Kier molecular flexibility index (Phi) is 5.53. The fraction of sp³-hybridized carbons (Fsp3) is 0.391. The van der Waals surface area contributed by atoms with Crippen LogP contribution in [0.3, 0.4) is 0 Å². The van der Waals surface area contributed by atoms with Gasteiger partial charge in [-0.25, -0.2) is 0 Å². The number of fused-ring (bicyclic) bond motifs is 1. The largest absolute Gasteiger partial charge is 0.495 e. The molecule has 152 valence electrons. The van der Waals surface area contributed by atoms with Crippen LogP contribution < -0.4 is 15.4 Å². The number of hydrogen-bond donors (Lipinski definition) is 2. The first-order valence-electron chi connectivity index (χ1n) is 10.1. The Balaban J connectivity index is 1.47. The lowest BCUT2D eigenvalue weighted by molar-refractivity contribution is -0.138. The molecular weight excluding hydrogens is 366 g/mol. The molecule has 2 atom stereocenters. The third-order valence-corrected chi connectivity index (χ3v) is 5.83. The minimum Gasteiger partial charge on any atom is -0.495 e. The van der Waals surface area contributed by atoms with Crippen LogP contribution in [-0.2, 0) is 22.6 Å². The SMILES string of the molecule is COc1ccc(C)cc1NC(=O)C1CCCN1C(=O)C1Cc2ccccc2CN1. The number of ether oxygens (including phenoxy) is 1. The highest BCUT2D eigenvalue weighted by Crippen LogP contribution is 2.28. The maximum atomic E-state index is 13.2. The predicted octanol–water partition coefficient (Wildman–Crippen LogP) is 2.65. The molecule has 29 heavy (non-hydrogen) atoms. The maximum Gasteiger partial charge on any atom is 0.247 e. The Bertz CT molecular complexity index is 927. The first kappa shape index (κ1) is 19.5. The van der Waals surface area contributed by atoms with Gasteiger partial charge in [0, 0.05) is 13.1 Å². The predicted molar refractivity (Wildman–Crippen MR) is 112 cm³/mol. The molecule has 0 bridgehead atoms. The van der Waals surface area contributed by atoms with E-state index in [4.69, 9.17) is 4.74 Å². The summed E-state index contributed by atoms with van der Waals surface area (Å²) in [5.41, 5.74) is 4.11. The van der Waals surface area contributed by atoms with E-state index in [1.807, 2.05) is 37.3 Å². The molecule has 1 saturated heterocycles. The van der Waals surface area contributed by atoms with Gasteiger partial charge in [-0.2, -0.15) is 0 Å². The monoisotopic (exact) mass is 393 g/mol. The summed E-state index contributed by atoms with van der Waals surface area (Å²) in [7, 11) is 1.58. The van der Waals surface area contributed by atoms with Gasteiger partial charge in [0.1, 0.15) is 11.8 Å². The molecule has 2 aliphatic heterocycles. The maximum absolute atomic E-state index is 13.2. The van der Waals surface area contributed by atoms with Crippen molar-refractivity contribution in [3.05, 3.63) is 59.2 Å². The number of nitrogens with one attached hydrogen (secondary N) is 2. The molecule has 2 amide bonds. The van der Waals surface area contributed by atoms with Crippen LogP contribution in [0.5, 0.6) is 5.75 Å². The second kappa shape index (κ2) is 8.25. The van der Waals surface area contributed by atoms with Gasteiger partial charge in [-0.05, 0) is 55.0 Å². The van der Waals surface area contributed by atoms with Crippen molar-refractivity contribution >= 4 is 17.5 Å². The zero-order valence-corrected chi connectivity index (χ0v) is 16.9. The Morgan fingerprint density at radius 3 is 2.76 bits per heavy atom. The fourth-order valence-corrected chi connectivity index (χ4v) is 4.27. The summed E-state index contributed by atoms with van der Waals surface area (Å²) in [5, 5.41) is 6.31. The molecule has 0 spiro atoms. The van der Waals surface area contributed by atoms with Crippen LogP contribution in [0.1, 0.15) is 29.5 Å². The second-order valence-corrected chi connectivity index (χ2v) is 7.79. The number of carbonyl (C=O) groups excluding carboxylic acids is 2. The molecule has 2 unspecified atom stereocenters. The van der Waals surface area contributed by atoms with Crippen LogP contribution in [0.2, 0.25) is 0 Å². The minimum atomic E-state index is -0.452. The van der Waals surface area contributed by atoms with Crippen LogP contribution in [0.15, 0.2) is 42.5 Å². The van der Waals surface area contributed by atoms with Crippen LogP contribution in [0.4, 0.5) is 5.69 Å². The van der Waals surface area contributed by atoms with Crippen molar-refractivity contribution in [3.63, 3.8) is 0 Å². The first-order chi connectivity index (χ1) is 14.1. The van der Waals surface area contributed by atoms with Crippen molar-refractivity contribution in [2.24, 2.45) is 0 Å². The van der Waals surface area contributed by atoms with Crippen LogP contribution in [0, 0.1) is 6.92 Å². The van der Waals surface area contributed by atoms with Crippen molar-refractivity contribution in [1.29, 1.82) is 0 Å². The van der Waals surface area contributed by atoms with E-state index in [-0.39, 0.29) is 17.9 Å². The normalized spacial score (nSPS) is 20.8. The van der Waals surface area contributed by atoms with E-state index in [1.54, 1.807) is 12.0 Å². The van der Waals surface area contributed by atoms with E-state index in [2.05, 4.69) is 22.8 Å². The van der Waals surface area contributed by atoms with E-state index in [0.29, 0.717) is 37.4 Å². The topological polar surface area (TPSA) is 70.7 Å². The summed E-state index contributed by atoms with van der Waals surface area (Å²) in [6.07, 6.45) is 2.17. The van der Waals surface area contributed by atoms with Gasteiger partial charge < -0.3 is 20.3 Å². The molecule has 0 aromatic heterocycles. The summed E-state index contributed by atoms with van der Waals surface area (Å²) in [6, 6.07) is 13.1. The molecule has 2 aromatic rings. The Labute approximate surface area is 171 Å². The number of benzene rings is 2. The van der Waals surface area contributed by atoms with Crippen LogP contribution in [0.25, 0.3) is 0 Å². The lowest BCUT2D eigenvalue weighted by atomic mass is 9.95. The lowest BCUT2D eigenvalue weighted by Gasteiger charge is -2.31. The number of amides is 2. The third-order valence-electron chi connectivity index (χ3n) is 5.83. The molecule has 0 aliphatic carbocycles. The summed E-state index contributed by atoms with van der Waals surface area (Å²) >= 11 is 0. The van der Waals surface area contributed by atoms with Crippen molar-refractivity contribution in [2.75, 3.05) is 19.0 Å². The van der Waals surface area contributed by atoms with Gasteiger partial charge in [0.05, 0.1) is 18.8 Å². The van der Waals surface area contributed by atoms with E-state index in [9.17, 15) is 9.59 Å². The third kappa shape index (κ3) is 3.98. The molecule has 2 heterocycles. The molecule has 2 aliphatic rings. The highest BCUT2D eigenvalue weighted by Gasteiger charge is 2.38. The number of methoxy groups -OCH3 is 1. The molecule has 6 heteroatoms. The number of likely N-dealkylation sites (tertiary alicyclic amines) is 1. The quantitative estimate of drug-likeness (QED) is 0.838. The number of hydrogen-bond acceptors (Lipinski definition) is 4. The molecule has 0 saturated carbocycles. The van der Waals surface area contributed by atoms with Gasteiger partial charge in [0.2, 0.25) is 11.8 Å². The summed E-state index contributed by atoms with van der Waals surface area (Å²) in [4.78, 5) is 28.0. The number of nitrogens with zero attached hydrogens (tertiary/aromatic N) is 1. The van der Waals surface area contributed by atoms with Gasteiger partial charge in [0.15, 0.2) is 0 Å². The van der Waals surface area contributed by atoms with E-state index < -0.39 is 6.04 Å². The molecule has 0 radical (unpaired) electrons. The number of rotatable bonds is 4. The fourth-order valence-electron chi connectivity index (χ4n) is 4.27. The van der Waals surface area contributed by atoms with E-state index >= 15 is 0 Å². The van der Waals surface area contributed by atoms with Gasteiger partial charge in [0.25, 0.3) is 0 Å². The van der Waals surface area contributed by atoms with Gasteiger partial charge in [-0.1, -0.05) is 30.3 Å². The highest BCUT2D eigenvalue weighted by atomic mass is 16.5. The van der Waals surface area contributed by atoms with Gasteiger partial charge in [-0.3, -0.25) is 9.59 Å². The van der Waals surface area contributed by atoms with Crippen LogP contribution >= 0.6 is 0 Å². The van der Waals surface area contributed by atoms with Gasteiger partial charge in [-0.15, -0.1) is 0 Å². The Hall–Kier alpha value is -2.86. The molecular formula is C23H27N3O3. The minimum absolute atomic E-state index is 0.00774. The van der Waals surface area contributed by atoms with Crippen molar-refractivity contribution in [2.45, 2.75) is 44.8 Å². The first-order valence-corrected chi connectivity index (χ1v) is 10.1. The molecule has 4 rings (SSSR count). The number of aryl methyl sites for hydroxylation is 1. The van der Waals surface area contributed by atoms with Crippen molar-refractivity contribution in [3.8, 4) is 5.75 Å². The molecule has 1 fully saturated rings. The number of anilines is 1. The van der Waals surface area contributed by atoms with Crippen molar-refractivity contribution in [1.82, 2.24) is 10.2 Å². The zero-order valence-electron chi connectivity index (χ0n) is 16.9. The standard InChI is InChI=1S/C23H27N3O3/c1-15-9-10-21(29-2)18(12-15)25-22(27)20-8-5-11-26(20)23(28)19-13-16-6-3-4-7-17(16)14-24-19/h3-4,6-7,9-10,12,19-20,24H,5,8,11,13-14H2,1-2H3,(H,25,27). The van der Waals surface area contributed by atoms with Gasteiger partial charge >= 0.3 is 0 Å².